The molecule has 1 aliphatic rings. The van der Waals surface area contributed by atoms with Crippen LogP contribution in [0.25, 0.3) is 0 Å². The number of thiocarbonyl (C=S) groups is 1. The predicted octanol–water partition coefficient (Wildman–Crippen LogP) is 3.66. The summed E-state index contributed by atoms with van der Waals surface area (Å²) >= 11 is 5.33. The lowest BCUT2D eigenvalue weighted by molar-refractivity contribution is -0.384. The summed E-state index contributed by atoms with van der Waals surface area (Å²) in [5.41, 5.74) is 2.39. The number of carbonyl (C=O) groups excluding carboxylic acids is 1. The van der Waals surface area contributed by atoms with E-state index in [4.69, 9.17) is 12.2 Å². The molecule has 2 aromatic carbocycles. The summed E-state index contributed by atoms with van der Waals surface area (Å²) in [4.78, 5) is 23.7. The van der Waals surface area contributed by atoms with E-state index < -0.39 is 11.0 Å². The van der Waals surface area contributed by atoms with Gasteiger partial charge in [-0.2, -0.15) is 0 Å². The van der Waals surface area contributed by atoms with E-state index in [9.17, 15) is 14.9 Å². The van der Waals surface area contributed by atoms with Gasteiger partial charge in [0.2, 0.25) is 0 Å². The van der Waals surface area contributed by atoms with Crippen molar-refractivity contribution in [1.82, 2.24) is 10.6 Å². The van der Waals surface area contributed by atoms with Crippen molar-refractivity contribution in [3.63, 3.8) is 0 Å². The average molecular weight is 396 g/mol. The van der Waals surface area contributed by atoms with E-state index in [1.165, 1.54) is 18.2 Å². The van der Waals surface area contributed by atoms with Crippen molar-refractivity contribution in [2.75, 3.05) is 5.32 Å². The standard InChI is InChI=1S/C20H20N4O3S/c1-12(2)17-16(18(23-20(28)22-17)13-7-4-3-5-8-13)19(25)21-14-9-6-10-15(11-14)24(26)27/h3-12,18H,1-2H3,(H,21,25)(H2,22,23,28). The number of amides is 1. The molecule has 0 aliphatic carbocycles. The molecule has 1 unspecified atom stereocenters. The van der Waals surface area contributed by atoms with Gasteiger partial charge < -0.3 is 16.0 Å². The van der Waals surface area contributed by atoms with Gasteiger partial charge in [-0.1, -0.05) is 50.2 Å². The van der Waals surface area contributed by atoms with E-state index in [0.717, 1.165) is 11.3 Å². The molecule has 0 saturated carbocycles. The molecular formula is C20H20N4O3S. The van der Waals surface area contributed by atoms with Gasteiger partial charge in [-0.25, -0.2) is 0 Å². The number of nitro benzene ring substituents is 1. The van der Waals surface area contributed by atoms with Crippen LogP contribution in [0.15, 0.2) is 65.9 Å². The Kier molecular flexibility index (Phi) is 5.70. The molecule has 28 heavy (non-hydrogen) atoms. The van der Waals surface area contributed by atoms with E-state index >= 15 is 0 Å². The van der Waals surface area contributed by atoms with Crippen molar-refractivity contribution in [2.45, 2.75) is 19.9 Å². The van der Waals surface area contributed by atoms with Gasteiger partial charge in [-0.15, -0.1) is 0 Å². The molecule has 3 rings (SSSR count). The van der Waals surface area contributed by atoms with Crippen LogP contribution in [0.3, 0.4) is 0 Å². The second-order valence-corrected chi connectivity index (χ2v) is 7.09. The van der Waals surface area contributed by atoms with E-state index in [2.05, 4.69) is 16.0 Å². The fraction of sp³-hybridized carbons (Fsp3) is 0.200. The second-order valence-electron chi connectivity index (χ2n) is 6.69. The molecule has 144 valence electrons. The summed E-state index contributed by atoms with van der Waals surface area (Å²) in [7, 11) is 0. The third kappa shape index (κ3) is 4.17. The highest BCUT2D eigenvalue weighted by molar-refractivity contribution is 7.80. The fourth-order valence-corrected chi connectivity index (χ4v) is 3.31. The lowest BCUT2D eigenvalue weighted by Gasteiger charge is -2.33. The summed E-state index contributed by atoms with van der Waals surface area (Å²) < 4.78 is 0. The highest BCUT2D eigenvalue weighted by atomic mass is 32.1. The third-order valence-corrected chi connectivity index (χ3v) is 4.59. The zero-order chi connectivity index (χ0) is 20.3. The van der Waals surface area contributed by atoms with Crippen LogP contribution < -0.4 is 16.0 Å². The zero-order valence-corrected chi connectivity index (χ0v) is 16.2. The Morgan fingerprint density at radius 1 is 1.18 bits per heavy atom. The number of nitrogens with one attached hydrogen (secondary N) is 3. The minimum Gasteiger partial charge on any atom is -0.351 e. The molecule has 2 aromatic rings. The van der Waals surface area contributed by atoms with Crippen LogP contribution in [0, 0.1) is 16.0 Å². The first-order chi connectivity index (χ1) is 13.4. The summed E-state index contributed by atoms with van der Waals surface area (Å²) in [6.07, 6.45) is 0. The van der Waals surface area contributed by atoms with Crippen molar-refractivity contribution in [2.24, 2.45) is 5.92 Å². The molecule has 7 nitrogen and oxygen atoms in total. The van der Waals surface area contributed by atoms with E-state index in [-0.39, 0.29) is 17.5 Å². The van der Waals surface area contributed by atoms with Crippen LogP contribution in [0.1, 0.15) is 25.5 Å². The number of nitrogens with zero attached hydrogens (tertiary/aromatic N) is 1. The van der Waals surface area contributed by atoms with Crippen molar-refractivity contribution >= 4 is 34.6 Å². The first kappa shape index (κ1) is 19.5. The van der Waals surface area contributed by atoms with Crippen molar-refractivity contribution in [3.05, 3.63) is 81.5 Å². The smallest absolute Gasteiger partial charge is 0.271 e. The topological polar surface area (TPSA) is 96.3 Å². The zero-order valence-electron chi connectivity index (χ0n) is 15.4. The maximum atomic E-state index is 13.2. The summed E-state index contributed by atoms with van der Waals surface area (Å²) in [6, 6.07) is 15.0. The molecule has 0 saturated heterocycles. The van der Waals surface area contributed by atoms with Crippen LogP contribution in [-0.4, -0.2) is 15.9 Å². The SMILES string of the molecule is CC(C)C1=C(C(=O)Nc2cccc([N+](=O)[O-])c2)C(c2ccccc2)NC(=S)N1. The molecule has 1 heterocycles. The number of hydrogen-bond acceptors (Lipinski definition) is 4. The number of anilines is 1. The van der Waals surface area contributed by atoms with Gasteiger partial charge in [-0.05, 0) is 29.8 Å². The number of carbonyl (C=O) groups is 1. The largest absolute Gasteiger partial charge is 0.351 e. The number of nitro groups is 1. The van der Waals surface area contributed by atoms with Crippen LogP contribution in [0.4, 0.5) is 11.4 Å². The molecule has 0 fully saturated rings. The molecule has 8 heteroatoms. The average Bonchev–Trinajstić information content (AvgIpc) is 2.68. The van der Waals surface area contributed by atoms with Crippen molar-refractivity contribution in [3.8, 4) is 0 Å². The molecule has 0 radical (unpaired) electrons. The minimum atomic E-state index is -0.497. The Bertz CT molecular complexity index is 957. The number of rotatable bonds is 5. The summed E-state index contributed by atoms with van der Waals surface area (Å²) in [6.45, 7) is 3.94. The fourth-order valence-electron chi connectivity index (χ4n) is 3.08. The molecule has 0 aromatic heterocycles. The summed E-state index contributed by atoms with van der Waals surface area (Å²) in [5, 5.41) is 20.5. The number of hydrogen-bond donors (Lipinski definition) is 3. The van der Waals surface area contributed by atoms with Crippen LogP contribution in [-0.2, 0) is 4.79 Å². The lowest BCUT2D eigenvalue weighted by atomic mass is 9.91. The van der Waals surface area contributed by atoms with Gasteiger partial charge in [0.15, 0.2) is 5.11 Å². The molecule has 0 bridgehead atoms. The second kappa shape index (κ2) is 8.18. The Labute approximate surface area is 168 Å². The van der Waals surface area contributed by atoms with E-state index in [0.29, 0.717) is 16.4 Å². The number of non-ortho nitro benzene ring substituents is 1. The molecule has 1 amide bonds. The third-order valence-electron chi connectivity index (χ3n) is 4.37. The Balaban J connectivity index is 2.01. The quantitative estimate of drug-likeness (QED) is 0.405. The lowest BCUT2D eigenvalue weighted by Crippen LogP contribution is -2.47. The normalized spacial score (nSPS) is 16.4. The van der Waals surface area contributed by atoms with Crippen LogP contribution in [0.2, 0.25) is 0 Å². The Morgan fingerprint density at radius 2 is 1.89 bits per heavy atom. The molecule has 1 atom stereocenters. The predicted molar refractivity (Wildman–Crippen MR) is 112 cm³/mol. The van der Waals surface area contributed by atoms with Gasteiger partial charge in [-0.3, -0.25) is 14.9 Å². The summed E-state index contributed by atoms with van der Waals surface area (Å²) in [5.74, 6) is -0.322. The van der Waals surface area contributed by atoms with Gasteiger partial charge in [0.25, 0.3) is 11.6 Å². The monoisotopic (exact) mass is 396 g/mol. The molecule has 1 aliphatic heterocycles. The van der Waals surface area contributed by atoms with Gasteiger partial charge in [0, 0.05) is 23.5 Å². The molecule has 0 spiro atoms. The first-order valence-corrected chi connectivity index (χ1v) is 9.20. The number of allylic oxidation sites excluding steroid dienone is 1. The minimum absolute atomic E-state index is 0.0251. The highest BCUT2D eigenvalue weighted by Crippen LogP contribution is 2.30. The maximum Gasteiger partial charge on any atom is 0.271 e. The van der Waals surface area contributed by atoms with Gasteiger partial charge in [0.05, 0.1) is 16.5 Å². The first-order valence-electron chi connectivity index (χ1n) is 8.79. The van der Waals surface area contributed by atoms with E-state index in [1.807, 2.05) is 44.2 Å². The van der Waals surface area contributed by atoms with Crippen molar-refractivity contribution in [1.29, 1.82) is 0 Å². The molecule has 3 N–H and O–H groups in total. The Hall–Kier alpha value is -3.26. The Morgan fingerprint density at radius 3 is 2.54 bits per heavy atom. The van der Waals surface area contributed by atoms with E-state index in [1.54, 1.807) is 6.07 Å². The van der Waals surface area contributed by atoms with Gasteiger partial charge >= 0.3 is 0 Å². The highest BCUT2D eigenvalue weighted by Gasteiger charge is 2.32. The molecular weight excluding hydrogens is 376 g/mol. The van der Waals surface area contributed by atoms with Gasteiger partial charge in [0.1, 0.15) is 0 Å². The van der Waals surface area contributed by atoms with Crippen LogP contribution in [0.5, 0.6) is 0 Å². The van der Waals surface area contributed by atoms with Crippen molar-refractivity contribution < 1.29 is 9.72 Å². The maximum absolute atomic E-state index is 13.2. The number of benzene rings is 2. The van der Waals surface area contributed by atoms with Crippen LogP contribution >= 0.6 is 12.2 Å².